The van der Waals surface area contributed by atoms with Crippen molar-refractivity contribution in [3.8, 4) is 0 Å². The second-order valence-corrected chi connectivity index (χ2v) is 8.30. The molecule has 0 heterocycles. The van der Waals surface area contributed by atoms with Crippen molar-refractivity contribution in [1.82, 2.24) is 10.0 Å². The van der Waals surface area contributed by atoms with Crippen molar-refractivity contribution in [1.29, 1.82) is 0 Å². The average molecular weight is 359 g/mol. The summed E-state index contributed by atoms with van der Waals surface area (Å²) in [7, 11) is -3.42. The molecule has 0 atom stereocenters. The molecule has 2 aliphatic carbocycles. The molecule has 0 amide bonds. The monoisotopic (exact) mass is 358 g/mol. The fourth-order valence-electron chi connectivity index (χ4n) is 2.04. The Morgan fingerprint density at radius 3 is 2.60 bits per heavy atom. The van der Waals surface area contributed by atoms with Crippen LogP contribution in [-0.2, 0) is 16.6 Å². The van der Waals surface area contributed by atoms with Gasteiger partial charge in [-0.3, -0.25) is 0 Å². The van der Waals surface area contributed by atoms with Crippen LogP contribution >= 0.6 is 15.9 Å². The maximum absolute atomic E-state index is 12.3. The third-order valence-corrected chi connectivity index (χ3v) is 6.13. The second-order valence-electron chi connectivity index (χ2n) is 5.72. The standard InChI is InChI=1S/C14H19BrN2O2S/c15-13-6-3-11(8-16-12-4-5-12)7-14(13)20(18,19)17-9-10-1-2-10/h3,6-7,10,12,16-17H,1-2,4-5,8-9H2. The molecule has 4 nitrogen and oxygen atoms in total. The van der Waals surface area contributed by atoms with Gasteiger partial charge in [-0.1, -0.05) is 6.07 Å². The summed E-state index contributed by atoms with van der Waals surface area (Å²) < 4.78 is 28.0. The zero-order valence-electron chi connectivity index (χ0n) is 11.2. The predicted octanol–water partition coefficient (Wildman–Crippen LogP) is 2.39. The largest absolute Gasteiger partial charge is 0.310 e. The van der Waals surface area contributed by atoms with Crippen LogP contribution in [-0.4, -0.2) is 21.0 Å². The lowest BCUT2D eigenvalue weighted by Gasteiger charge is -2.10. The van der Waals surface area contributed by atoms with Crippen molar-refractivity contribution in [2.24, 2.45) is 5.92 Å². The molecule has 2 fully saturated rings. The Hall–Kier alpha value is -0.430. The number of sulfonamides is 1. The second kappa shape index (κ2) is 5.75. The fraction of sp³-hybridized carbons (Fsp3) is 0.571. The first-order valence-electron chi connectivity index (χ1n) is 7.06. The molecule has 0 saturated heterocycles. The van der Waals surface area contributed by atoms with Crippen molar-refractivity contribution in [2.45, 2.75) is 43.2 Å². The Bertz CT molecular complexity index is 595. The van der Waals surface area contributed by atoms with Gasteiger partial charge in [0.15, 0.2) is 0 Å². The van der Waals surface area contributed by atoms with Gasteiger partial charge in [0.2, 0.25) is 10.0 Å². The van der Waals surface area contributed by atoms with E-state index in [1.807, 2.05) is 12.1 Å². The van der Waals surface area contributed by atoms with Crippen molar-refractivity contribution >= 4 is 26.0 Å². The number of halogens is 1. The molecule has 2 saturated carbocycles. The minimum atomic E-state index is -3.42. The van der Waals surface area contributed by atoms with Crippen LogP contribution in [0.4, 0.5) is 0 Å². The van der Waals surface area contributed by atoms with E-state index in [0.29, 0.717) is 27.9 Å². The maximum atomic E-state index is 12.3. The van der Waals surface area contributed by atoms with Crippen LogP contribution in [0.25, 0.3) is 0 Å². The average Bonchev–Trinajstić information content (AvgIpc) is 3.28. The number of nitrogens with one attached hydrogen (secondary N) is 2. The molecule has 110 valence electrons. The Kier molecular flexibility index (Phi) is 4.17. The van der Waals surface area contributed by atoms with Crippen molar-refractivity contribution < 1.29 is 8.42 Å². The summed E-state index contributed by atoms with van der Waals surface area (Å²) in [6.45, 7) is 1.28. The summed E-state index contributed by atoms with van der Waals surface area (Å²) >= 11 is 3.34. The van der Waals surface area contributed by atoms with Crippen LogP contribution in [0.2, 0.25) is 0 Å². The van der Waals surface area contributed by atoms with E-state index in [-0.39, 0.29) is 0 Å². The van der Waals surface area contributed by atoms with Crippen LogP contribution in [0.3, 0.4) is 0 Å². The Morgan fingerprint density at radius 2 is 1.95 bits per heavy atom. The van der Waals surface area contributed by atoms with Crippen LogP contribution in [0.5, 0.6) is 0 Å². The summed E-state index contributed by atoms with van der Waals surface area (Å²) in [4.78, 5) is 0.341. The van der Waals surface area contributed by atoms with E-state index >= 15 is 0 Å². The van der Waals surface area contributed by atoms with Gasteiger partial charge >= 0.3 is 0 Å². The van der Waals surface area contributed by atoms with Gasteiger partial charge in [0, 0.05) is 23.6 Å². The van der Waals surface area contributed by atoms with Crippen molar-refractivity contribution in [2.75, 3.05) is 6.54 Å². The number of hydrogen-bond acceptors (Lipinski definition) is 3. The lowest BCUT2D eigenvalue weighted by molar-refractivity contribution is 0.576. The van der Waals surface area contributed by atoms with Gasteiger partial charge in [-0.15, -0.1) is 0 Å². The lowest BCUT2D eigenvalue weighted by Crippen LogP contribution is -2.26. The van der Waals surface area contributed by atoms with Crippen LogP contribution in [0.15, 0.2) is 27.6 Å². The first-order chi connectivity index (χ1) is 9.54. The molecule has 2 N–H and O–H groups in total. The zero-order valence-corrected chi connectivity index (χ0v) is 13.6. The summed E-state index contributed by atoms with van der Waals surface area (Å²) in [5, 5.41) is 3.40. The van der Waals surface area contributed by atoms with Gasteiger partial charge < -0.3 is 5.32 Å². The fourth-order valence-corrected chi connectivity index (χ4v) is 4.17. The molecule has 0 radical (unpaired) electrons. The summed E-state index contributed by atoms with van der Waals surface area (Å²) in [6.07, 6.45) is 4.72. The molecule has 0 aliphatic heterocycles. The molecule has 1 aromatic rings. The molecular formula is C14H19BrN2O2S. The van der Waals surface area contributed by atoms with Gasteiger partial charge in [0.25, 0.3) is 0 Å². The topological polar surface area (TPSA) is 58.2 Å². The van der Waals surface area contributed by atoms with E-state index in [9.17, 15) is 8.42 Å². The first-order valence-corrected chi connectivity index (χ1v) is 9.34. The molecule has 0 spiro atoms. The van der Waals surface area contributed by atoms with Crippen LogP contribution < -0.4 is 10.0 Å². The van der Waals surface area contributed by atoms with E-state index in [1.165, 1.54) is 12.8 Å². The molecule has 1 aromatic carbocycles. The maximum Gasteiger partial charge on any atom is 0.241 e. The van der Waals surface area contributed by atoms with E-state index in [2.05, 4.69) is 26.0 Å². The van der Waals surface area contributed by atoms with E-state index in [1.54, 1.807) is 6.07 Å². The minimum absolute atomic E-state index is 0.341. The summed E-state index contributed by atoms with van der Waals surface area (Å²) in [5.41, 5.74) is 1.01. The highest BCUT2D eigenvalue weighted by molar-refractivity contribution is 9.10. The molecule has 3 rings (SSSR count). The Morgan fingerprint density at radius 1 is 1.20 bits per heavy atom. The highest BCUT2D eigenvalue weighted by atomic mass is 79.9. The smallest absolute Gasteiger partial charge is 0.241 e. The van der Waals surface area contributed by atoms with Gasteiger partial charge in [0.05, 0.1) is 4.90 Å². The highest BCUT2D eigenvalue weighted by Gasteiger charge is 2.25. The van der Waals surface area contributed by atoms with Crippen LogP contribution in [0.1, 0.15) is 31.2 Å². The molecule has 0 aromatic heterocycles. The summed E-state index contributed by atoms with van der Waals surface area (Å²) in [6, 6.07) is 6.15. The van der Waals surface area contributed by atoms with Gasteiger partial charge in [-0.2, -0.15) is 0 Å². The van der Waals surface area contributed by atoms with E-state index in [4.69, 9.17) is 0 Å². The number of benzene rings is 1. The molecule has 6 heteroatoms. The molecule has 0 unspecified atom stereocenters. The van der Waals surface area contributed by atoms with Crippen molar-refractivity contribution in [3.63, 3.8) is 0 Å². The molecular weight excluding hydrogens is 340 g/mol. The normalized spacial score (nSPS) is 19.2. The SMILES string of the molecule is O=S(=O)(NCC1CC1)c1cc(CNC2CC2)ccc1Br. The van der Waals surface area contributed by atoms with Crippen molar-refractivity contribution in [3.05, 3.63) is 28.2 Å². The number of hydrogen-bond donors (Lipinski definition) is 2. The van der Waals surface area contributed by atoms with Gasteiger partial charge in [-0.25, -0.2) is 13.1 Å². The third-order valence-electron chi connectivity index (χ3n) is 3.72. The van der Waals surface area contributed by atoms with Crippen LogP contribution in [0, 0.1) is 5.92 Å². The van der Waals surface area contributed by atoms with Gasteiger partial charge in [-0.05, 0) is 65.2 Å². The molecule has 2 aliphatic rings. The van der Waals surface area contributed by atoms with E-state index < -0.39 is 10.0 Å². The minimum Gasteiger partial charge on any atom is -0.310 e. The highest BCUT2D eigenvalue weighted by Crippen LogP contribution is 2.29. The Balaban J connectivity index is 1.73. The molecule has 0 bridgehead atoms. The van der Waals surface area contributed by atoms with Gasteiger partial charge in [0.1, 0.15) is 0 Å². The zero-order chi connectivity index (χ0) is 14.2. The number of rotatable bonds is 7. The Labute approximate surface area is 128 Å². The lowest BCUT2D eigenvalue weighted by atomic mass is 10.2. The summed E-state index contributed by atoms with van der Waals surface area (Å²) in [5.74, 6) is 0.531. The first kappa shape index (κ1) is 14.5. The third kappa shape index (κ3) is 3.81. The predicted molar refractivity (Wildman–Crippen MR) is 81.9 cm³/mol. The quantitative estimate of drug-likeness (QED) is 0.786. The molecule has 20 heavy (non-hydrogen) atoms. The van der Waals surface area contributed by atoms with E-state index in [0.717, 1.165) is 24.9 Å².